The van der Waals surface area contributed by atoms with Crippen LogP contribution in [0, 0.1) is 17.6 Å². The van der Waals surface area contributed by atoms with Crippen LogP contribution in [0.1, 0.15) is 37.8 Å². The molecule has 1 fully saturated rings. The second kappa shape index (κ2) is 10.8. The molecular weight excluding hydrogens is 454 g/mol. The van der Waals surface area contributed by atoms with Gasteiger partial charge < -0.3 is 10.1 Å². The van der Waals surface area contributed by atoms with Crippen molar-refractivity contribution >= 4 is 21.9 Å². The highest BCUT2D eigenvalue weighted by atomic mass is 32.2. The predicted molar refractivity (Wildman–Crippen MR) is 116 cm³/mol. The number of hydrogen-bond donors (Lipinski definition) is 1. The third-order valence-electron chi connectivity index (χ3n) is 5.55. The summed E-state index contributed by atoms with van der Waals surface area (Å²) >= 11 is 0. The van der Waals surface area contributed by atoms with Crippen molar-refractivity contribution in [1.29, 1.82) is 0 Å². The molecule has 1 N–H and O–H groups in total. The van der Waals surface area contributed by atoms with E-state index >= 15 is 0 Å². The number of ether oxygens (including phenoxy) is 1. The second-order valence-electron chi connectivity index (χ2n) is 7.74. The number of amides is 1. The molecule has 0 spiro atoms. The number of halogens is 2. The first-order valence-corrected chi connectivity index (χ1v) is 12.1. The number of carbonyl (C=O) groups is 2. The van der Waals surface area contributed by atoms with Gasteiger partial charge in [-0.05, 0) is 43.5 Å². The summed E-state index contributed by atoms with van der Waals surface area (Å²) < 4.78 is 58.4. The first-order chi connectivity index (χ1) is 15.7. The van der Waals surface area contributed by atoms with Crippen LogP contribution in [-0.2, 0) is 24.3 Å². The number of benzene rings is 2. The molecule has 1 aliphatic heterocycles. The number of sulfonamides is 1. The third kappa shape index (κ3) is 6.14. The van der Waals surface area contributed by atoms with Crippen LogP contribution < -0.4 is 5.32 Å². The average molecular weight is 481 g/mol. The van der Waals surface area contributed by atoms with E-state index in [-0.39, 0.29) is 49.8 Å². The number of carbonyl (C=O) groups excluding carboxylic acids is 2. The minimum atomic E-state index is -4.00. The molecule has 7 nitrogen and oxygen atoms in total. The Morgan fingerprint density at radius 2 is 1.76 bits per heavy atom. The fourth-order valence-electron chi connectivity index (χ4n) is 3.76. The lowest BCUT2D eigenvalue weighted by Gasteiger charge is -2.31. The molecule has 2 aromatic carbocycles. The summed E-state index contributed by atoms with van der Waals surface area (Å²) in [6.07, 6.45) is 0.498. The van der Waals surface area contributed by atoms with Gasteiger partial charge in [0, 0.05) is 19.0 Å². The van der Waals surface area contributed by atoms with Crippen LogP contribution in [0.2, 0.25) is 0 Å². The van der Waals surface area contributed by atoms with Crippen molar-refractivity contribution < 1.29 is 31.5 Å². The topological polar surface area (TPSA) is 92.8 Å². The van der Waals surface area contributed by atoms with Crippen molar-refractivity contribution in [1.82, 2.24) is 9.62 Å². The Labute approximate surface area is 191 Å². The molecule has 1 heterocycles. The van der Waals surface area contributed by atoms with Crippen molar-refractivity contribution in [3.8, 4) is 0 Å². The monoisotopic (exact) mass is 480 g/mol. The zero-order valence-electron chi connectivity index (χ0n) is 18.2. The molecule has 33 heavy (non-hydrogen) atoms. The molecule has 2 aromatic rings. The van der Waals surface area contributed by atoms with Crippen molar-refractivity contribution in [2.75, 3.05) is 19.7 Å². The lowest BCUT2D eigenvalue weighted by atomic mass is 9.95. The van der Waals surface area contributed by atoms with Crippen LogP contribution in [0.3, 0.4) is 0 Å². The summed E-state index contributed by atoms with van der Waals surface area (Å²) in [4.78, 5) is 24.6. The van der Waals surface area contributed by atoms with Gasteiger partial charge in [0.1, 0.15) is 0 Å². The zero-order chi connectivity index (χ0) is 24.0. The van der Waals surface area contributed by atoms with Crippen molar-refractivity contribution in [3.05, 3.63) is 65.7 Å². The van der Waals surface area contributed by atoms with Gasteiger partial charge in [-0.25, -0.2) is 17.2 Å². The molecule has 3 rings (SSSR count). The first kappa shape index (κ1) is 24.8. The van der Waals surface area contributed by atoms with E-state index in [4.69, 9.17) is 4.74 Å². The summed E-state index contributed by atoms with van der Waals surface area (Å²) in [5.74, 6) is -3.52. The quantitative estimate of drug-likeness (QED) is 0.586. The fourth-order valence-corrected chi connectivity index (χ4v) is 5.24. The Morgan fingerprint density at radius 3 is 2.36 bits per heavy atom. The van der Waals surface area contributed by atoms with E-state index in [0.29, 0.717) is 6.07 Å². The summed E-state index contributed by atoms with van der Waals surface area (Å²) in [5, 5.41) is 2.89. The van der Waals surface area contributed by atoms with Crippen LogP contribution in [0.5, 0.6) is 0 Å². The standard InChI is InChI=1S/C23H26F2N2O5S/c1-2-32-22(28)15-21(16-6-4-3-5-7-16)26-23(29)17-10-12-27(13-11-17)33(30,31)18-8-9-19(24)20(25)14-18/h3-9,14,17,21H,2,10-13,15H2,1H3,(H,26,29). The summed E-state index contributed by atoms with van der Waals surface area (Å²) in [7, 11) is -4.00. The average Bonchev–Trinajstić information content (AvgIpc) is 2.81. The molecule has 10 heteroatoms. The van der Waals surface area contributed by atoms with Gasteiger partial charge >= 0.3 is 5.97 Å². The normalized spacial score (nSPS) is 16.2. The molecule has 0 aromatic heterocycles. The van der Waals surface area contributed by atoms with Crippen LogP contribution in [0.4, 0.5) is 8.78 Å². The zero-order valence-corrected chi connectivity index (χ0v) is 19.0. The van der Waals surface area contributed by atoms with Crippen molar-refractivity contribution in [2.24, 2.45) is 5.92 Å². The van der Waals surface area contributed by atoms with Gasteiger partial charge in [-0.2, -0.15) is 4.31 Å². The maximum atomic E-state index is 13.5. The molecule has 1 amide bonds. The number of piperidine rings is 1. The van der Waals surface area contributed by atoms with Crippen LogP contribution in [-0.4, -0.2) is 44.3 Å². The van der Waals surface area contributed by atoms with Gasteiger partial charge in [-0.15, -0.1) is 0 Å². The maximum Gasteiger partial charge on any atom is 0.308 e. The molecule has 1 atom stereocenters. The molecular formula is C23H26F2N2O5S. The van der Waals surface area contributed by atoms with E-state index in [1.807, 2.05) is 6.07 Å². The molecule has 1 saturated heterocycles. The molecule has 1 aliphatic rings. The predicted octanol–water partition coefficient (Wildman–Crippen LogP) is 3.18. The Kier molecular flexibility index (Phi) is 8.15. The first-order valence-electron chi connectivity index (χ1n) is 10.7. The molecule has 0 aliphatic carbocycles. The molecule has 1 unspecified atom stereocenters. The molecule has 0 radical (unpaired) electrons. The Hall–Kier alpha value is -2.85. The molecule has 0 saturated carbocycles. The minimum Gasteiger partial charge on any atom is -0.466 e. The molecule has 178 valence electrons. The second-order valence-corrected chi connectivity index (χ2v) is 9.67. The van der Waals surface area contributed by atoms with Crippen LogP contribution in [0.15, 0.2) is 53.4 Å². The smallest absolute Gasteiger partial charge is 0.308 e. The van der Waals surface area contributed by atoms with Gasteiger partial charge in [0.25, 0.3) is 0 Å². The third-order valence-corrected chi connectivity index (χ3v) is 7.44. The minimum absolute atomic E-state index is 0.0209. The van der Waals surface area contributed by atoms with Crippen molar-refractivity contribution in [3.63, 3.8) is 0 Å². The Bertz CT molecular complexity index is 1090. The van der Waals surface area contributed by atoms with Crippen LogP contribution >= 0.6 is 0 Å². The summed E-state index contributed by atoms with van der Waals surface area (Å²) in [6, 6.07) is 10.9. The highest BCUT2D eigenvalue weighted by Crippen LogP contribution is 2.26. The summed E-state index contributed by atoms with van der Waals surface area (Å²) in [6.45, 7) is 2.07. The van der Waals surface area contributed by atoms with E-state index in [0.717, 1.165) is 22.0 Å². The highest BCUT2D eigenvalue weighted by molar-refractivity contribution is 7.89. The van der Waals surface area contributed by atoms with E-state index in [9.17, 15) is 26.8 Å². The van der Waals surface area contributed by atoms with Gasteiger partial charge in [0.15, 0.2) is 11.6 Å². The van der Waals surface area contributed by atoms with E-state index in [1.54, 1.807) is 31.2 Å². The number of nitrogens with zero attached hydrogens (tertiary/aromatic N) is 1. The Balaban J connectivity index is 1.64. The lowest BCUT2D eigenvalue weighted by molar-refractivity contribution is -0.144. The number of rotatable bonds is 8. The van der Waals surface area contributed by atoms with E-state index < -0.39 is 39.6 Å². The number of esters is 1. The van der Waals surface area contributed by atoms with Gasteiger partial charge in [-0.1, -0.05) is 30.3 Å². The highest BCUT2D eigenvalue weighted by Gasteiger charge is 2.33. The van der Waals surface area contributed by atoms with Gasteiger partial charge in [-0.3, -0.25) is 9.59 Å². The van der Waals surface area contributed by atoms with E-state index in [1.165, 1.54) is 0 Å². The molecule has 0 bridgehead atoms. The number of hydrogen-bond acceptors (Lipinski definition) is 5. The van der Waals surface area contributed by atoms with Gasteiger partial charge in [0.05, 0.1) is 24.0 Å². The largest absolute Gasteiger partial charge is 0.466 e. The number of nitrogens with one attached hydrogen (secondary N) is 1. The SMILES string of the molecule is CCOC(=O)CC(NC(=O)C1CCN(S(=O)(=O)c2ccc(F)c(F)c2)CC1)c1ccccc1. The fraction of sp³-hybridized carbons (Fsp3) is 0.391. The summed E-state index contributed by atoms with van der Waals surface area (Å²) in [5.41, 5.74) is 0.761. The Morgan fingerprint density at radius 1 is 1.09 bits per heavy atom. The van der Waals surface area contributed by atoms with Gasteiger partial charge in [0.2, 0.25) is 15.9 Å². The van der Waals surface area contributed by atoms with E-state index in [2.05, 4.69) is 5.32 Å². The lowest BCUT2D eigenvalue weighted by Crippen LogP contribution is -2.44. The maximum absolute atomic E-state index is 13.5. The van der Waals surface area contributed by atoms with Crippen molar-refractivity contribution in [2.45, 2.75) is 37.1 Å². The van der Waals surface area contributed by atoms with Crippen LogP contribution in [0.25, 0.3) is 0 Å².